The van der Waals surface area contributed by atoms with Gasteiger partial charge in [-0.05, 0) is 40.2 Å². The Labute approximate surface area is 138 Å². The van der Waals surface area contributed by atoms with Gasteiger partial charge in [0.1, 0.15) is 11.6 Å². The van der Waals surface area contributed by atoms with Gasteiger partial charge in [-0.25, -0.2) is 8.78 Å². The molecule has 1 amide bonds. The van der Waals surface area contributed by atoms with Crippen molar-refractivity contribution in [3.63, 3.8) is 0 Å². The van der Waals surface area contributed by atoms with Gasteiger partial charge in [-0.3, -0.25) is 9.59 Å². The molecular weight excluding hydrogens is 380 g/mol. The smallest absolute Gasteiger partial charge is 0.221 e. The molecule has 0 saturated carbocycles. The molecule has 0 aromatic heterocycles. The zero-order chi connectivity index (χ0) is 16.4. The van der Waals surface area contributed by atoms with Gasteiger partial charge in [-0.2, -0.15) is 0 Å². The van der Waals surface area contributed by atoms with Crippen molar-refractivity contribution in [2.45, 2.75) is 6.92 Å². The number of benzene rings is 2. The first-order valence-corrected chi connectivity index (χ1v) is 7.24. The van der Waals surface area contributed by atoms with Gasteiger partial charge in [0.25, 0.3) is 0 Å². The predicted octanol–water partition coefficient (Wildman–Crippen LogP) is 4.57. The van der Waals surface area contributed by atoms with Gasteiger partial charge in [0.05, 0.1) is 21.8 Å². The minimum atomic E-state index is -0.995. The van der Waals surface area contributed by atoms with Gasteiger partial charge in [0.2, 0.25) is 11.7 Å². The Morgan fingerprint density at radius 1 is 1.09 bits per heavy atom. The summed E-state index contributed by atoms with van der Waals surface area (Å²) in [6.45, 7) is 1.25. The Bertz CT molecular complexity index is 760. The standard InChI is InChI=1S/C15H9BrClF2NO2/c1-7(21)20-11-6-5-8(17)14(16)13(11)15(22)12-9(18)3-2-4-10(12)19/h2-6H,1H3,(H,20,21). The van der Waals surface area contributed by atoms with Gasteiger partial charge < -0.3 is 5.32 Å². The molecule has 1 N–H and O–H groups in total. The first-order chi connectivity index (χ1) is 10.3. The molecule has 0 heterocycles. The summed E-state index contributed by atoms with van der Waals surface area (Å²) in [5.41, 5.74) is -0.722. The summed E-state index contributed by atoms with van der Waals surface area (Å²) in [5.74, 6) is -3.35. The summed E-state index contributed by atoms with van der Waals surface area (Å²) in [6, 6.07) is 5.95. The average Bonchev–Trinajstić information content (AvgIpc) is 2.42. The van der Waals surface area contributed by atoms with Crippen LogP contribution in [0.2, 0.25) is 5.02 Å². The molecule has 2 aromatic rings. The Hall–Kier alpha value is -1.79. The second kappa shape index (κ2) is 6.54. The molecule has 0 aliphatic carbocycles. The molecule has 2 rings (SSSR count). The van der Waals surface area contributed by atoms with Gasteiger partial charge >= 0.3 is 0 Å². The zero-order valence-electron chi connectivity index (χ0n) is 11.2. The van der Waals surface area contributed by atoms with E-state index in [4.69, 9.17) is 11.6 Å². The van der Waals surface area contributed by atoms with Crippen LogP contribution in [0.5, 0.6) is 0 Å². The summed E-state index contributed by atoms with van der Waals surface area (Å²) < 4.78 is 27.8. The molecule has 0 bridgehead atoms. The van der Waals surface area contributed by atoms with Crippen molar-refractivity contribution in [1.29, 1.82) is 0 Å². The van der Waals surface area contributed by atoms with Crippen LogP contribution in [0.1, 0.15) is 22.8 Å². The molecule has 0 saturated heterocycles. The number of carbonyl (C=O) groups is 2. The van der Waals surface area contributed by atoms with Gasteiger partial charge in [-0.15, -0.1) is 0 Å². The van der Waals surface area contributed by atoms with E-state index in [1.165, 1.54) is 19.1 Å². The molecule has 0 radical (unpaired) electrons. The Kier molecular flexibility index (Phi) is 4.93. The molecule has 0 aliphatic heterocycles. The summed E-state index contributed by atoms with van der Waals surface area (Å²) in [4.78, 5) is 23.8. The minimum Gasteiger partial charge on any atom is -0.326 e. The fraction of sp³-hybridized carbons (Fsp3) is 0.0667. The number of amides is 1. The number of hydrogen-bond acceptors (Lipinski definition) is 2. The number of carbonyl (C=O) groups excluding carboxylic acids is 2. The first-order valence-electron chi connectivity index (χ1n) is 6.07. The van der Waals surface area contributed by atoms with Crippen LogP contribution in [0.4, 0.5) is 14.5 Å². The van der Waals surface area contributed by atoms with Crippen molar-refractivity contribution in [1.82, 2.24) is 0 Å². The van der Waals surface area contributed by atoms with Gasteiger partial charge in [0, 0.05) is 11.4 Å². The van der Waals surface area contributed by atoms with Crippen molar-refractivity contribution in [2.24, 2.45) is 0 Å². The average molecular weight is 389 g/mol. The Balaban J connectivity index is 2.67. The Morgan fingerprint density at radius 2 is 1.68 bits per heavy atom. The third kappa shape index (κ3) is 3.18. The van der Waals surface area contributed by atoms with Crippen LogP contribution in [0.15, 0.2) is 34.8 Å². The lowest BCUT2D eigenvalue weighted by Crippen LogP contribution is -2.14. The number of ketones is 1. The van der Waals surface area contributed by atoms with E-state index in [1.807, 2.05) is 0 Å². The maximum Gasteiger partial charge on any atom is 0.221 e. The molecule has 0 spiro atoms. The highest BCUT2D eigenvalue weighted by molar-refractivity contribution is 9.10. The summed E-state index contributed by atoms with van der Waals surface area (Å²) in [5, 5.41) is 2.61. The van der Waals surface area contributed by atoms with E-state index in [0.717, 1.165) is 18.2 Å². The maximum atomic E-state index is 13.8. The molecule has 22 heavy (non-hydrogen) atoms. The molecule has 114 valence electrons. The molecular formula is C15H9BrClF2NO2. The van der Waals surface area contributed by atoms with E-state index in [2.05, 4.69) is 21.2 Å². The fourth-order valence-electron chi connectivity index (χ4n) is 1.91. The first kappa shape index (κ1) is 16.6. The van der Waals surface area contributed by atoms with Crippen LogP contribution in [0.25, 0.3) is 0 Å². The van der Waals surface area contributed by atoms with Crippen LogP contribution < -0.4 is 5.32 Å². The van der Waals surface area contributed by atoms with Crippen molar-refractivity contribution in [3.05, 3.63) is 62.6 Å². The molecule has 0 unspecified atom stereocenters. The zero-order valence-corrected chi connectivity index (χ0v) is 13.6. The summed E-state index contributed by atoms with van der Waals surface area (Å²) in [6.07, 6.45) is 0. The molecule has 0 atom stereocenters. The van der Waals surface area contributed by atoms with E-state index >= 15 is 0 Å². The van der Waals surface area contributed by atoms with Crippen molar-refractivity contribution < 1.29 is 18.4 Å². The van der Waals surface area contributed by atoms with Gasteiger partial charge in [0.15, 0.2) is 0 Å². The molecule has 0 fully saturated rings. The SMILES string of the molecule is CC(=O)Nc1ccc(Cl)c(Br)c1C(=O)c1c(F)cccc1F. The Morgan fingerprint density at radius 3 is 2.23 bits per heavy atom. The van der Waals surface area contributed by atoms with E-state index < -0.39 is 28.9 Å². The number of halogens is 4. The topological polar surface area (TPSA) is 46.2 Å². The highest BCUT2D eigenvalue weighted by Gasteiger charge is 2.25. The highest BCUT2D eigenvalue weighted by Crippen LogP contribution is 2.34. The number of rotatable bonds is 3. The lowest BCUT2D eigenvalue weighted by atomic mass is 10.0. The lowest BCUT2D eigenvalue weighted by Gasteiger charge is -2.13. The monoisotopic (exact) mass is 387 g/mol. The predicted molar refractivity (Wildman–Crippen MR) is 83.2 cm³/mol. The molecule has 3 nitrogen and oxygen atoms in total. The van der Waals surface area contributed by atoms with Crippen molar-refractivity contribution >= 4 is 44.9 Å². The third-order valence-corrected chi connectivity index (χ3v) is 4.19. The third-order valence-electron chi connectivity index (χ3n) is 2.82. The van der Waals surface area contributed by atoms with E-state index in [9.17, 15) is 18.4 Å². The number of nitrogens with one attached hydrogen (secondary N) is 1. The number of hydrogen-bond donors (Lipinski definition) is 1. The molecule has 2 aromatic carbocycles. The lowest BCUT2D eigenvalue weighted by molar-refractivity contribution is -0.114. The van der Waals surface area contributed by atoms with E-state index in [1.54, 1.807) is 0 Å². The van der Waals surface area contributed by atoms with Crippen LogP contribution in [0.3, 0.4) is 0 Å². The van der Waals surface area contributed by atoms with Crippen LogP contribution >= 0.6 is 27.5 Å². The van der Waals surface area contributed by atoms with Crippen molar-refractivity contribution in [2.75, 3.05) is 5.32 Å². The summed E-state index contributed by atoms with van der Waals surface area (Å²) in [7, 11) is 0. The van der Waals surface area contributed by atoms with E-state index in [-0.39, 0.29) is 20.7 Å². The van der Waals surface area contributed by atoms with Crippen molar-refractivity contribution in [3.8, 4) is 0 Å². The van der Waals surface area contributed by atoms with Gasteiger partial charge in [-0.1, -0.05) is 17.7 Å². The quantitative estimate of drug-likeness (QED) is 0.783. The normalized spacial score (nSPS) is 10.4. The van der Waals surface area contributed by atoms with E-state index in [0.29, 0.717) is 0 Å². The summed E-state index contributed by atoms with van der Waals surface area (Å²) >= 11 is 9.05. The van der Waals surface area contributed by atoms with Crippen LogP contribution in [-0.4, -0.2) is 11.7 Å². The number of anilines is 1. The second-order valence-electron chi connectivity index (χ2n) is 4.39. The molecule has 0 aliphatic rings. The fourth-order valence-corrected chi connectivity index (χ4v) is 2.59. The molecule has 7 heteroatoms. The van der Waals surface area contributed by atoms with Crippen LogP contribution in [0, 0.1) is 11.6 Å². The van der Waals surface area contributed by atoms with Crippen LogP contribution in [-0.2, 0) is 4.79 Å². The minimum absolute atomic E-state index is 0.108. The second-order valence-corrected chi connectivity index (χ2v) is 5.59. The largest absolute Gasteiger partial charge is 0.326 e. The maximum absolute atomic E-state index is 13.8. The highest BCUT2D eigenvalue weighted by atomic mass is 79.9.